The van der Waals surface area contributed by atoms with E-state index in [1.807, 2.05) is 12.1 Å². The third kappa shape index (κ3) is 4.68. The van der Waals surface area contributed by atoms with Crippen LogP contribution in [0.15, 0.2) is 53.7 Å². The summed E-state index contributed by atoms with van der Waals surface area (Å²) in [6, 6.07) is 10.1. The molecule has 3 rings (SSSR count). The van der Waals surface area contributed by atoms with Crippen molar-refractivity contribution in [1.82, 2.24) is 14.6 Å². The van der Waals surface area contributed by atoms with Gasteiger partial charge in [0.15, 0.2) is 0 Å². The van der Waals surface area contributed by atoms with Gasteiger partial charge in [-0.2, -0.15) is 0 Å². The van der Waals surface area contributed by atoms with Crippen molar-refractivity contribution in [2.75, 3.05) is 19.6 Å². The highest BCUT2D eigenvalue weighted by Crippen LogP contribution is 2.16. The predicted molar refractivity (Wildman–Crippen MR) is 99.3 cm³/mol. The quantitative estimate of drug-likeness (QED) is 0.755. The Morgan fingerprint density at radius 3 is 2.58 bits per heavy atom. The van der Waals surface area contributed by atoms with Gasteiger partial charge >= 0.3 is 0 Å². The van der Waals surface area contributed by atoms with Crippen molar-refractivity contribution in [3.8, 4) is 0 Å². The van der Waals surface area contributed by atoms with Crippen LogP contribution in [-0.4, -0.2) is 43.8 Å². The Morgan fingerprint density at radius 2 is 1.85 bits per heavy atom. The first kappa shape index (κ1) is 18.5. The molecular weight excluding hydrogens is 350 g/mol. The van der Waals surface area contributed by atoms with Gasteiger partial charge in [-0.1, -0.05) is 6.07 Å². The molecule has 6 nitrogen and oxygen atoms in total. The van der Waals surface area contributed by atoms with Gasteiger partial charge in [0.05, 0.1) is 4.90 Å². The molecule has 1 aromatic carbocycles. The maximum atomic E-state index is 12.5. The number of rotatable bonds is 7. The van der Waals surface area contributed by atoms with Crippen molar-refractivity contribution >= 4 is 15.9 Å². The van der Waals surface area contributed by atoms with E-state index in [0.29, 0.717) is 18.5 Å². The Bertz CT molecular complexity index is 847. The number of carbonyl (C=O) groups is 1. The predicted octanol–water partition coefficient (Wildman–Crippen LogP) is 2.23. The molecule has 0 radical (unpaired) electrons. The van der Waals surface area contributed by atoms with Gasteiger partial charge in [0, 0.05) is 37.6 Å². The average Bonchev–Trinajstić information content (AvgIpc) is 3.20. The van der Waals surface area contributed by atoms with E-state index in [1.165, 1.54) is 12.1 Å². The second kappa shape index (κ2) is 8.42. The zero-order valence-corrected chi connectivity index (χ0v) is 15.4. The van der Waals surface area contributed by atoms with E-state index in [1.54, 1.807) is 29.4 Å². The zero-order chi connectivity index (χ0) is 18.4. The molecule has 1 N–H and O–H groups in total. The Kier molecular flexibility index (Phi) is 6.00. The third-order valence-electron chi connectivity index (χ3n) is 4.47. The lowest BCUT2D eigenvalue weighted by Gasteiger charge is -2.15. The fraction of sp³-hybridized carbons (Fsp3) is 0.368. The van der Waals surface area contributed by atoms with Crippen LogP contribution in [0.3, 0.4) is 0 Å². The van der Waals surface area contributed by atoms with E-state index in [9.17, 15) is 13.2 Å². The van der Waals surface area contributed by atoms with Gasteiger partial charge in [-0.25, -0.2) is 13.1 Å². The van der Waals surface area contributed by atoms with Crippen LogP contribution in [-0.2, 0) is 16.4 Å². The molecular formula is C19H23N3O3S. The van der Waals surface area contributed by atoms with E-state index < -0.39 is 10.0 Å². The number of benzene rings is 1. The minimum Gasteiger partial charge on any atom is -0.339 e. The number of carbonyl (C=O) groups excluding carboxylic acids is 1. The van der Waals surface area contributed by atoms with Gasteiger partial charge in [-0.05, 0) is 61.6 Å². The van der Waals surface area contributed by atoms with Crippen molar-refractivity contribution in [3.05, 3.63) is 59.9 Å². The minimum atomic E-state index is -3.63. The lowest BCUT2D eigenvalue weighted by molar-refractivity contribution is 0.0792. The summed E-state index contributed by atoms with van der Waals surface area (Å²) in [5.41, 5.74) is 1.55. The fourth-order valence-electron chi connectivity index (χ4n) is 3.03. The number of nitrogens with one attached hydrogen (secondary N) is 1. The van der Waals surface area contributed by atoms with E-state index in [-0.39, 0.29) is 10.8 Å². The summed E-state index contributed by atoms with van der Waals surface area (Å²) in [7, 11) is -3.63. The molecule has 1 aromatic heterocycles. The van der Waals surface area contributed by atoms with Crippen molar-refractivity contribution in [2.45, 2.75) is 30.6 Å². The van der Waals surface area contributed by atoms with Crippen molar-refractivity contribution in [2.24, 2.45) is 0 Å². The number of nitrogens with zero attached hydrogens (tertiary/aromatic N) is 2. The monoisotopic (exact) mass is 373 g/mol. The Morgan fingerprint density at radius 1 is 1.12 bits per heavy atom. The molecule has 0 atom stereocenters. The molecule has 1 aliphatic heterocycles. The number of sulfonamides is 1. The molecule has 0 unspecified atom stereocenters. The summed E-state index contributed by atoms with van der Waals surface area (Å²) >= 11 is 0. The van der Waals surface area contributed by atoms with Crippen molar-refractivity contribution < 1.29 is 13.2 Å². The van der Waals surface area contributed by atoms with Crippen LogP contribution in [0.5, 0.6) is 0 Å². The second-order valence-electron chi connectivity index (χ2n) is 6.38. The maximum absolute atomic E-state index is 12.5. The fourth-order valence-corrected chi connectivity index (χ4v) is 4.15. The second-order valence-corrected chi connectivity index (χ2v) is 8.15. The van der Waals surface area contributed by atoms with Gasteiger partial charge in [-0.15, -0.1) is 0 Å². The van der Waals surface area contributed by atoms with Gasteiger partial charge in [0.2, 0.25) is 10.0 Å². The molecule has 7 heteroatoms. The Labute approximate surface area is 154 Å². The van der Waals surface area contributed by atoms with Gasteiger partial charge in [-0.3, -0.25) is 9.78 Å². The largest absolute Gasteiger partial charge is 0.339 e. The van der Waals surface area contributed by atoms with Crippen molar-refractivity contribution in [3.63, 3.8) is 0 Å². The summed E-state index contributed by atoms with van der Waals surface area (Å²) in [5.74, 6) is -0.0998. The first-order valence-corrected chi connectivity index (χ1v) is 10.3. The van der Waals surface area contributed by atoms with Crippen LogP contribution in [0, 0.1) is 0 Å². The SMILES string of the molecule is O=C(c1cccc(S(=O)(=O)NCCCc2ccncc2)c1)N1CCCC1. The number of amides is 1. The number of hydrogen-bond acceptors (Lipinski definition) is 4. The Hall–Kier alpha value is -2.25. The van der Waals surface area contributed by atoms with Crippen molar-refractivity contribution in [1.29, 1.82) is 0 Å². The van der Waals surface area contributed by atoms with Gasteiger partial charge in [0.1, 0.15) is 0 Å². The summed E-state index contributed by atoms with van der Waals surface area (Å²) in [6.45, 7) is 1.82. The van der Waals surface area contributed by atoms with Crippen LogP contribution >= 0.6 is 0 Å². The van der Waals surface area contributed by atoms with Crippen LogP contribution in [0.2, 0.25) is 0 Å². The molecule has 0 saturated carbocycles. The zero-order valence-electron chi connectivity index (χ0n) is 14.6. The molecule has 0 spiro atoms. The Balaban J connectivity index is 1.59. The summed E-state index contributed by atoms with van der Waals surface area (Å²) in [4.78, 5) is 18.3. The highest BCUT2D eigenvalue weighted by molar-refractivity contribution is 7.89. The minimum absolute atomic E-state index is 0.0998. The van der Waals surface area contributed by atoms with E-state index in [4.69, 9.17) is 0 Å². The molecule has 1 fully saturated rings. The standard InChI is InChI=1S/C19H23N3O3S/c23-19(22-13-1-2-14-22)17-6-3-7-18(15-17)26(24,25)21-10-4-5-16-8-11-20-12-9-16/h3,6-9,11-12,15,21H,1-2,4-5,10,13-14H2. The maximum Gasteiger partial charge on any atom is 0.253 e. The molecule has 1 amide bonds. The van der Waals surface area contributed by atoms with E-state index >= 15 is 0 Å². The third-order valence-corrected chi connectivity index (χ3v) is 5.93. The number of likely N-dealkylation sites (tertiary alicyclic amines) is 1. The summed E-state index contributed by atoms with van der Waals surface area (Å²) < 4.78 is 27.6. The van der Waals surface area contributed by atoms with E-state index in [0.717, 1.165) is 37.9 Å². The lowest BCUT2D eigenvalue weighted by atomic mass is 10.1. The molecule has 1 saturated heterocycles. The van der Waals surface area contributed by atoms with Crippen LogP contribution < -0.4 is 4.72 Å². The smallest absolute Gasteiger partial charge is 0.253 e. The van der Waals surface area contributed by atoms with Crippen LogP contribution in [0.4, 0.5) is 0 Å². The molecule has 138 valence electrons. The molecule has 2 heterocycles. The molecule has 1 aliphatic rings. The first-order valence-electron chi connectivity index (χ1n) is 8.84. The average molecular weight is 373 g/mol. The van der Waals surface area contributed by atoms with Gasteiger partial charge in [0.25, 0.3) is 5.91 Å². The normalized spacial score (nSPS) is 14.5. The summed E-state index contributed by atoms with van der Waals surface area (Å²) in [5, 5.41) is 0. The van der Waals surface area contributed by atoms with Gasteiger partial charge < -0.3 is 4.90 Å². The number of pyridine rings is 1. The number of hydrogen-bond donors (Lipinski definition) is 1. The molecule has 0 aliphatic carbocycles. The topological polar surface area (TPSA) is 79.4 Å². The van der Waals surface area contributed by atoms with Crippen LogP contribution in [0.25, 0.3) is 0 Å². The highest BCUT2D eigenvalue weighted by Gasteiger charge is 2.21. The van der Waals surface area contributed by atoms with E-state index in [2.05, 4.69) is 9.71 Å². The van der Waals surface area contributed by atoms with Crippen LogP contribution in [0.1, 0.15) is 35.2 Å². The summed E-state index contributed by atoms with van der Waals surface area (Å²) in [6.07, 6.45) is 6.92. The molecule has 26 heavy (non-hydrogen) atoms. The highest BCUT2D eigenvalue weighted by atomic mass is 32.2. The first-order chi connectivity index (χ1) is 12.6. The number of aryl methyl sites for hydroxylation is 1. The number of aromatic nitrogens is 1. The molecule has 2 aromatic rings. The molecule has 0 bridgehead atoms. The lowest BCUT2D eigenvalue weighted by Crippen LogP contribution is -2.28.